The summed E-state index contributed by atoms with van der Waals surface area (Å²) in [7, 11) is 0. The lowest BCUT2D eigenvalue weighted by Crippen LogP contribution is -2.26. The normalized spacial score (nSPS) is 9.88. The maximum Gasteiger partial charge on any atom is 0.315 e. The highest BCUT2D eigenvalue weighted by Gasteiger charge is 2.11. The van der Waals surface area contributed by atoms with Crippen molar-refractivity contribution in [2.24, 2.45) is 0 Å². The van der Waals surface area contributed by atoms with E-state index in [0.717, 1.165) is 5.69 Å². The Morgan fingerprint density at radius 3 is 2.81 bits per heavy atom. The second-order valence-electron chi connectivity index (χ2n) is 3.00. The van der Waals surface area contributed by atoms with Gasteiger partial charge in [-0.1, -0.05) is 0 Å². The van der Waals surface area contributed by atoms with E-state index in [1.54, 1.807) is 6.92 Å². The van der Waals surface area contributed by atoms with E-state index in [9.17, 15) is 9.59 Å². The predicted molar refractivity (Wildman–Crippen MR) is 63.5 cm³/mol. The van der Waals surface area contributed by atoms with Gasteiger partial charge in [0.1, 0.15) is 6.42 Å². The highest BCUT2D eigenvalue weighted by atomic mass is 32.1. The fourth-order valence-electron chi connectivity index (χ4n) is 1.03. The Kier molecular flexibility index (Phi) is 4.63. The van der Waals surface area contributed by atoms with Crippen molar-refractivity contribution < 1.29 is 14.3 Å². The Balaban J connectivity index is 2.59. The first-order valence-corrected chi connectivity index (χ1v) is 5.96. The third kappa shape index (κ3) is 3.42. The molecule has 1 amide bonds. The average molecular weight is 260 g/mol. The Hall–Kier alpha value is -1.21. The van der Waals surface area contributed by atoms with E-state index < -0.39 is 11.9 Å². The van der Waals surface area contributed by atoms with Gasteiger partial charge in [0.05, 0.1) is 6.61 Å². The summed E-state index contributed by atoms with van der Waals surface area (Å²) in [5.74, 6) is -0.976. The van der Waals surface area contributed by atoms with Crippen LogP contribution in [0.4, 0.5) is 0 Å². The van der Waals surface area contributed by atoms with Crippen molar-refractivity contribution in [3.05, 3.63) is 15.0 Å². The van der Waals surface area contributed by atoms with Crippen molar-refractivity contribution in [1.82, 2.24) is 4.68 Å². The van der Waals surface area contributed by atoms with Crippen LogP contribution in [0.5, 0.6) is 0 Å². The summed E-state index contributed by atoms with van der Waals surface area (Å²) in [6.45, 7) is 3.77. The van der Waals surface area contributed by atoms with Crippen LogP contribution in [0, 0.1) is 10.9 Å². The van der Waals surface area contributed by atoms with Crippen LogP contribution in [-0.2, 0) is 14.3 Å². The number of carbonyl (C=O) groups is 2. The van der Waals surface area contributed by atoms with Crippen LogP contribution >= 0.6 is 23.6 Å². The number of nitrogens with zero attached hydrogens (tertiary/aromatic N) is 1. The van der Waals surface area contributed by atoms with Crippen LogP contribution in [-0.4, -0.2) is 23.2 Å². The lowest BCUT2D eigenvalue weighted by atomic mass is 10.4. The number of nitrogens with one attached hydrogen (secondary N) is 1. The number of ether oxygens (including phenoxy) is 1. The van der Waals surface area contributed by atoms with Gasteiger partial charge in [0.15, 0.2) is 3.95 Å². The number of esters is 1. The molecule has 0 aliphatic rings. The number of carbonyl (C=O) groups excluding carboxylic acids is 2. The van der Waals surface area contributed by atoms with Crippen LogP contribution in [0.2, 0.25) is 0 Å². The Labute approximate surface area is 102 Å². The summed E-state index contributed by atoms with van der Waals surface area (Å²) in [6.07, 6.45) is -0.301. The maximum absolute atomic E-state index is 11.4. The third-order valence-corrected chi connectivity index (χ3v) is 3.03. The molecule has 0 atom stereocenters. The molecular formula is C9H12N2O3S2. The minimum Gasteiger partial charge on any atom is -0.466 e. The number of hydrogen-bond donors (Lipinski definition) is 1. The van der Waals surface area contributed by atoms with E-state index in [1.807, 2.05) is 12.3 Å². The van der Waals surface area contributed by atoms with Crippen molar-refractivity contribution in [1.29, 1.82) is 0 Å². The van der Waals surface area contributed by atoms with Crippen LogP contribution in [0.3, 0.4) is 0 Å². The van der Waals surface area contributed by atoms with Gasteiger partial charge < -0.3 is 4.74 Å². The molecule has 88 valence electrons. The van der Waals surface area contributed by atoms with E-state index in [-0.39, 0.29) is 13.0 Å². The highest BCUT2D eigenvalue weighted by molar-refractivity contribution is 7.73. The van der Waals surface area contributed by atoms with Crippen LogP contribution < -0.4 is 5.43 Å². The first-order valence-electron chi connectivity index (χ1n) is 4.67. The van der Waals surface area contributed by atoms with E-state index in [1.165, 1.54) is 16.0 Å². The third-order valence-electron chi connectivity index (χ3n) is 1.71. The number of thiazole rings is 1. The monoisotopic (exact) mass is 260 g/mol. The van der Waals surface area contributed by atoms with Crippen molar-refractivity contribution in [3.63, 3.8) is 0 Å². The molecule has 0 saturated heterocycles. The van der Waals surface area contributed by atoms with E-state index >= 15 is 0 Å². The lowest BCUT2D eigenvalue weighted by molar-refractivity contribution is -0.145. The largest absolute Gasteiger partial charge is 0.466 e. The smallest absolute Gasteiger partial charge is 0.315 e. The van der Waals surface area contributed by atoms with Crippen molar-refractivity contribution in [2.45, 2.75) is 20.3 Å². The molecule has 1 aromatic rings. The molecule has 0 saturated carbocycles. The molecule has 16 heavy (non-hydrogen) atoms. The summed E-state index contributed by atoms with van der Waals surface area (Å²) in [6, 6.07) is 0. The van der Waals surface area contributed by atoms with Crippen LogP contribution in [0.15, 0.2) is 5.38 Å². The number of hydrogen-bond acceptors (Lipinski definition) is 5. The van der Waals surface area contributed by atoms with Gasteiger partial charge in [0, 0.05) is 11.1 Å². The van der Waals surface area contributed by atoms with Gasteiger partial charge in [-0.15, -0.1) is 11.3 Å². The molecule has 0 radical (unpaired) electrons. The van der Waals surface area contributed by atoms with Gasteiger partial charge >= 0.3 is 5.97 Å². The van der Waals surface area contributed by atoms with Crippen molar-refractivity contribution in [3.8, 4) is 0 Å². The second-order valence-corrected chi connectivity index (χ2v) is 4.50. The molecular weight excluding hydrogens is 248 g/mol. The zero-order chi connectivity index (χ0) is 12.1. The summed E-state index contributed by atoms with van der Waals surface area (Å²) >= 11 is 6.36. The molecule has 0 aliphatic heterocycles. The Morgan fingerprint density at radius 2 is 2.31 bits per heavy atom. The topological polar surface area (TPSA) is 60.3 Å². The molecule has 0 spiro atoms. The van der Waals surface area contributed by atoms with E-state index in [2.05, 4.69) is 10.2 Å². The van der Waals surface area contributed by atoms with Gasteiger partial charge in [0.2, 0.25) is 5.91 Å². The van der Waals surface area contributed by atoms with Gasteiger partial charge in [-0.3, -0.25) is 15.0 Å². The molecule has 0 fully saturated rings. The molecule has 0 unspecified atom stereocenters. The molecule has 0 bridgehead atoms. The fourth-order valence-corrected chi connectivity index (χ4v) is 2.03. The van der Waals surface area contributed by atoms with Crippen molar-refractivity contribution >= 4 is 35.4 Å². The maximum atomic E-state index is 11.4. The zero-order valence-electron chi connectivity index (χ0n) is 8.98. The van der Waals surface area contributed by atoms with E-state index in [4.69, 9.17) is 12.2 Å². The first kappa shape index (κ1) is 12.9. The molecule has 1 heterocycles. The average Bonchev–Trinajstić information content (AvgIpc) is 2.49. The van der Waals surface area contributed by atoms with Gasteiger partial charge in [-0.25, -0.2) is 4.68 Å². The van der Waals surface area contributed by atoms with Gasteiger partial charge in [0.25, 0.3) is 0 Å². The zero-order valence-corrected chi connectivity index (χ0v) is 10.6. The minimum atomic E-state index is -0.542. The first-order chi connectivity index (χ1) is 7.54. The summed E-state index contributed by atoms with van der Waals surface area (Å²) in [5, 5.41) is 1.83. The summed E-state index contributed by atoms with van der Waals surface area (Å²) in [5.41, 5.74) is 3.36. The van der Waals surface area contributed by atoms with Crippen LogP contribution in [0.1, 0.15) is 19.0 Å². The Bertz CT molecular complexity index is 450. The molecule has 5 nitrogen and oxygen atoms in total. The number of rotatable bonds is 4. The molecule has 1 N–H and O–H groups in total. The molecule has 1 aromatic heterocycles. The fraction of sp³-hybridized carbons (Fsp3) is 0.444. The number of amides is 1. The van der Waals surface area contributed by atoms with Gasteiger partial charge in [-0.2, -0.15) is 0 Å². The standard InChI is InChI=1S/C9H12N2O3S2/c1-3-14-8(13)4-7(12)10-11-6(2)5-16-9(11)15/h5H,3-4H2,1-2H3,(H,10,12). The Morgan fingerprint density at radius 1 is 1.62 bits per heavy atom. The van der Waals surface area contributed by atoms with Crippen LogP contribution in [0.25, 0.3) is 0 Å². The van der Waals surface area contributed by atoms with Gasteiger partial charge in [-0.05, 0) is 26.1 Å². The quantitative estimate of drug-likeness (QED) is 0.507. The molecule has 7 heteroatoms. The molecule has 1 rings (SSSR count). The predicted octanol–water partition coefficient (Wildman–Crippen LogP) is 1.61. The summed E-state index contributed by atoms with van der Waals surface area (Å²) in [4.78, 5) is 22.5. The van der Waals surface area contributed by atoms with E-state index in [0.29, 0.717) is 3.95 Å². The minimum absolute atomic E-state index is 0.267. The number of aryl methyl sites for hydroxylation is 1. The number of aromatic nitrogens is 1. The SMILES string of the molecule is CCOC(=O)CC(=O)Nn1c(C)csc1=S. The molecule has 0 aromatic carbocycles. The lowest BCUT2D eigenvalue weighted by Gasteiger charge is -2.07. The molecule has 0 aliphatic carbocycles. The van der Waals surface area contributed by atoms with Crippen molar-refractivity contribution in [2.75, 3.05) is 12.0 Å². The summed E-state index contributed by atoms with van der Waals surface area (Å²) < 4.78 is 6.67. The second kappa shape index (κ2) is 5.76. The highest BCUT2D eigenvalue weighted by Crippen LogP contribution is 2.07.